The molecule has 0 heterocycles. The van der Waals surface area contributed by atoms with E-state index in [0.29, 0.717) is 6.42 Å². The second-order valence-electron chi connectivity index (χ2n) is 2.59. The molecule has 0 bridgehead atoms. The van der Waals surface area contributed by atoms with Crippen molar-refractivity contribution >= 4 is 17.7 Å². The number of benzene rings is 1. The van der Waals surface area contributed by atoms with Crippen LogP contribution in [-0.4, -0.2) is 11.7 Å². The third-order valence-electron chi connectivity index (χ3n) is 1.55. The Bertz CT molecular complexity index is 310. The van der Waals surface area contributed by atoms with E-state index < -0.39 is 5.82 Å². The maximum atomic E-state index is 12.9. The van der Waals surface area contributed by atoms with Crippen LogP contribution in [0.3, 0.4) is 0 Å². The van der Waals surface area contributed by atoms with Gasteiger partial charge in [0.2, 0.25) is 0 Å². The summed E-state index contributed by atoms with van der Waals surface area (Å²) in [5.41, 5.74) is 0.746. The summed E-state index contributed by atoms with van der Waals surface area (Å²) in [6.07, 6.45) is 4.10. The number of hydrogen-bond donors (Lipinski definition) is 1. The zero-order valence-electron chi connectivity index (χ0n) is 7.00. The molecular formula is C10H10ClFO. The third kappa shape index (κ3) is 3.17. The van der Waals surface area contributed by atoms with Crippen LogP contribution in [0.2, 0.25) is 5.02 Å². The zero-order valence-corrected chi connectivity index (χ0v) is 7.76. The minimum Gasteiger partial charge on any atom is -0.396 e. The van der Waals surface area contributed by atoms with Gasteiger partial charge in [-0.1, -0.05) is 29.8 Å². The molecule has 0 radical (unpaired) electrons. The Morgan fingerprint density at radius 1 is 1.46 bits per heavy atom. The summed E-state index contributed by atoms with van der Waals surface area (Å²) in [5, 5.41) is 8.62. The van der Waals surface area contributed by atoms with Crippen LogP contribution < -0.4 is 0 Å². The molecular weight excluding hydrogens is 191 g/mol. The Labute approximate surface area is 81.5 Å². The van der Waals surface area contributed by atoms with Gasteiger partial charge in [0.15, 0.2) is 0 Å². The monoisotopic (exact) mass is 200 g/mol. The summed E-state index contributed by atoms with van der Waals surface area (Å²) in [5.74, 6) is -0.423. The Hall–Kier alpha value is -0.860. The van der Waals surface area contributed by atoms with Crippen LogP contribution in [-0.2, 0) is 0 Å². The van der Waals surface area contributed by atoms with E-state index in [4.69, 9.17) is 16.7 Å². The number of halogens is 2. The van der Waals surface area contributed by atoms with Gasteiger partial charge in [-0.05, 0) is 24.1 Å². The van der Waals surface area contributed by atoms with Crippen LogP contribution in [0.15, 0.2) is 24.3 Å². The largest absolute Gasteiger partial charge is 0.396 e. The molecule has 1 aromatic carbocycles. The Morgan fingerprint density at radius 2 is 2.23 bits per heavy atom. The van der Waals surface area contributed by atoms with Crippen LogP contribution in [0.25, 0.3) is 6.08 Å². The van der Waals surface area contributed by atoms with Crippen molar-refractivity contribution in [2.24, 2.45) is 0 Å². The average Bonchev–Trinajstić information content (AvgIpc) is 2.12. The van der Waals surface area contributed by atoms with Crippen molar-refractivity contribution in [1.29, 1.82) is 0 Å². The van der Waals surface area contributed by atoms with E-state index in [-0.39, 0.29) is 11.6 Å². The predicted octanol–water partition coefficient (Wildman–Crippen LogP) is 2.87. The molecule has 0 aliphatic carbocycles. The van der Waals surface area contributed by atoms with Crippen molar-refractivity contribution in [3.05, 3.63) is 40.7 Å². The van der Waals surface area contributed by atoms with Crippen LogP contribution in [0, 0.1) is 5.82 Å². The van der Waals surface area contributed by atoms with Crippen LogP contribution in [0.1, 0.15) is 12.0 Å². The van der Waals surface area contributed by atoms with E-state index in [2.05, 4.69) is 0 Å². The van der Waals surface area contributed by atoms with Gasteiger partial charge in [0, 0.05) is 6.61 Å². The lowest BCUT2D eigenvalue weighted by Crippen LogP contribution is -1.79. The molecule has 0 spiro atoms. The van der Waals surface area contributed by atoms with Gasteiger partial charge in [-0.25, -0.2) is 4.39 Å². The second kappa shape index (κ2) is 5.00. The minimum absolute atomic E-state index is 0.104. The molecule has 0 atom stereocenters. The Morgan fingerprint density at radius 3 is 2.85 bits per heavy atom. The molecule has 70 valence electrons. The highest BCUT2D eigenvalue weighted by atomic mass is 35.5. The lowest BCUT2D eigenvalue weighted by atomic mass is 10.2. The van der Waals surface area contributed by atoms with E-state index in [1.54, 1.807) is 18.2 Å². The van der Waals surface area contributed by atoms with Gasteiger partial charge in [0.25, 0.3) is 0 Å². The first kappa shape index (κ1) is 10.2. The molecule has 0 saturated heterocycles. The van der Waals surface area contributed by atoms with E-state index in [0.717, 1.165) is 5.56 Å². The molecule has 0 amide bonds. The number of rotatable bonds is 3. The molecule has 1 rings (SSSR count). The summed E-state index contributed by atoms with van der Waals surface area (Å²) < 4.78 is 12.9. The average molecular weight is 201 g/mol. The standard InChI is InChI=1S/C10H10ClFO/c11-9-5-4-8(7-10(9)12)3-1-2-6-13/h1,3-5,7,13H,2,6H2. The first-order chi connectivity index (χ1) is 6.24. The van der Waals surface area contributed by atoms with Crippen molar-refractivity contribution < 1.29 is 9.50 Å². The van der Waals surface area contributed by atoms with Crippen LogP contribution in [0.5, 0.6) is 0 Å². The van der Waals surface area contributed by atoms with Crippen LogP contribution in [0.4, 0.5) is 4.39 Å². The fourth-order valence-corrected chi connectivity index (χ4v) is 1.03. The zero-order chi connectivity index (χ0) is 9.68. The minimum atomic E-state index is -0.423. The molecule has 0 unspecified atom stereocenters. The van der Waals surface area contributed by atoms with Gasteiger partial charge < -0.3 is 5.11 Å². The lowest BCUT2D eigenvalue weighted by molar-refractivity contribution is 0.303. The Kier molecular flexibility index (Phi) is 3.93. The maximum absolute atomic E-state index is 12.9. The topological polar surface area (TPSA) is 20.2 Å². The van der Waals surface area contributed by atoms with Crippen molar-refractivity contribution in [1.82, 2.24) is 0 Å². The number of aliphatic hydroxyl groups excluding tert-OH is 1. The summed E-state index contributed by atoms with van der Waals surface area (Å²) in [7, 11) is 0. The van der Waals surface area contributed by atoms with Gasteiger partial charge >= 0.3 is 0 Å². The van der Waals surface area contributed by atoms with Crippen molar-refractivity contribution in [2.45, 2.75) is 6.42 Å². The van der Waals surface area contributed by atoms with Crippen molar-refractivity contribution in [3.8, 4) is 0 Å². The quantitative estimate of drug-likeness (QED) is 0.796. The molecule has 1 aromatic rings. The molecule has 1 N–H and O–H groups in total. The van der Waals surface area contributed by atoms with Crippen molar-refractivity contribution in [2.75, 3.05) is 6.61 Å². The van der Waals surface area contributed by atoms with E-state index in [1.807, 2.05) is 0 Å². The maximum Gasteiger partial charge on any atom is 0.142 e. The smallest absolute Gasteiger partial charge is 0.142 e. The number of aliphatic hydroxyl groups is 1. The first-order valence-corrected chi connectivity index (χ1v) is 4.34. The van der Waals surface area contributed by atoms with E-state index >= 15 is 0 Å². The fraction of sp³-hybridized carbons (Fsp3) is 0.200. The van der Waals surface area contributed by atoms with Gasteiger partial charge in [0.05, 0.1) is 5.02 Å². The van der Waals surface area contributed by atoms with Gasteiger partial charge in [-0.3, -0.25) is 0 Å². The van der Waals surface area contributed by atoms with Gasteiger partial charge in [-0.15, -0.1) is 0 Å². The summed E-state index contributed by atoms with van der Waals surface area (Å²) in [6.45, 7) is 0.104. The highest BCUT2D eigenvalue weighted by Crippen LogP contribution is 2.16. The third-order valence-corrected chi connectivity index (χ3v) is 1.86. The molecule has 0 aliphatic heterocycles. The normalized spacial score (nSPS) is 11.0. The highest BCUT2D eigenvalue weighted by Gasteiger charge is 1.97. The second-order valence-corrected chi connectivity index (χ2v) is 3.00. The van der Waals surface area contributed by atoms with E-state index in [9.17, 15) is 4.39 Å². The first-order valence-electron chi connectivity index (χ1n) is 3.96. The molecule has 0 aromatic heterocycles. The van der Waals surface area contributed by atoms with Gasteiger partial charge in [-0.2, -0.15) is 0 Å². The number of hydrogen-bond acceptors (Lipinski definition) is 1. The molecule has 3 heteroatoms. The molecule has 13 heavy (non-hydrogen) atoms. The summed E-state index contributed by atoms with van der Waals surface area (Å²) in [6, 6.07) is 4.59. The molecule has 0 aliphatic rings. The summed E-state index contributed by atoms with van der Waals surface area (Å²) in [4.78, 5) is 0. The predicted molar refractivity (Wildman–Crippen MR) is 52.1 cm³/mol. The lowest BCUT2D eigenvalue weighted by Gasteiger charge is -1.95. The fourth-order valence-electron chi connectivity index (χ4n) is 0.910. The molecule has 0 fully saturated rings. The highest BCUT2D eigenvalue weighted by molar-refractivity contribution is 6.30. The van der Waals surface area contributed by atoms with Crippen LogP contribution >= 0.6 is 11.6 Å². The van der Waals surface area contributed by atoms with Gasteiger partial charge in [0.1, 0.15) is 5.82 Å². The van der Waals surface area contributed by atoms with Crippen molar-refractivity contribution in [3.63, 3.8) is 0 Å². The summed E-state index contributed by atoms with van der Waals surface area (Å²) >= 11 is 5.50. The Balaban J connectivity index is 2.73. The SMILES string of the molecule is OCCC=Cc1ccc(Cl)c(F)c1. The molecule has 0 saturated carbocycles. The van der Waals surface area contributed by atoms with E-state index in [1.165, 1.54) is 12.1 Å². The molecule has 1 nitrogen and oxygen atoms in total.